The van der Waals surface area contributed by atoms with Crippen molar-refractivity contribution in [1.29, 1.82) is 0 Å². The van der Waals surface area contributed by atoms with E-state index in [2.05, 4.69) is 15.7 Å². The van der Waals surface area contributed by atoms with Crippen molar-refractivity contribution in [2.45, 2.75) is 64.2 Å². The topological polar surface area (TPSA) is 117 Å². The number of benzene rings is 1. The Bertz CT molecular complexity index is 1250. The van der Waals surface area contributed by atoms with Crippen LogP contribution in [0.2, 0.25) is 0 Å². The zero-order valence-corrected chi connectivity index (χ0v) is 23.0. The molecule has 224 valence electrons. The van der Waals surface area contributed by atoms with Gasteiger partial charge < -0.3 is 20.6 Å². The van der Waals surface area contributed by atoms with Crippen LogP contribution in [0.4, 0.5) is 23.2 Å². The monoisotopic (exact) mass is 581 g/mol. The Morgan fingerprint density at radius 1 is 1.15 bits per heavy atom. The number of amides is 3. The van der Waals surface area contributed by atoms with E-state index in [0.717, 1.165) is 31.7 Å². The minimum absolute atomic E-state index is 0.0944. The molecule has 0 radical (unpaired) electrons. The number of halogens is 4. The maximum atomic E-state index is 15.2. The molecule has 0 saturated heterocycles. The summed E-state index contributed by atoms with van der Waals surface area (Å²) >= 11 is 0. The summed E-state index contributed by atoms with van der Waals surface area (Å²) in [5.74, 6) is -3.47. The highest BCUT2D eigenvalue weighted by atomic mass is 19.4. The van der Waals surface area contributed by atoms with Gasteiger partial charge in [-0.05, 0) is 81.0 Å². The second kappa shape index (κ2) is 12.6. The number of aliphatic hydroxyl groups excluding tert-OH is 1. The number of carbonyl (C=O) groups is 3. The highest BCUT2D eigenvalue weighted by molar-refractivity contribution is 6.01. The SMILES string of the molecule is CCn1nccc1C(=O)N[C@H](C(=O)Nc1ccc([C@H](C)C(=O)N(CCO)CC(F)(F)F)cc1F)C(C1CC1)C1CC1. The number of nitrogens with one attached hydrogen (secondary N) is 2. The van der Waals surface area contributed by atoms with Gasteiger partial charge in [0, 0.05) is 19.3 Å². The molecule has 1 heterocycles. The number of nitrogens with zero attached hydrogens (tertiary/aromatic N) is 3. The first-order valence-electron chi connectivity index (χ1n) is 13.8. The van der Waals surface area contributed by atoms with E-state index < -0.39 is 61.4 Å². The van der Waals surface area contributed by atoms with Crippen molar-refractivity contribution >= 4 is 23.4 Å². The normalized spacial score (nSPS) is 16.8. The van der Waals surface area contributed by atoms with E-state index in [1.807, 2.05) is 6.92 Å². The third-order valence-corrected chi connectivity index (χ3v) is 7.71. The molecule has 0 aliphatic heterocycles. The van der Waals surface area contributed by atoms with Crippen LogP contribution in [0, 0.1) is 23.6 Å². The predicted octanol–water partition coefficient (Wildman–Crippen LogP) is 3.70. The van der Waals surface area contributed by atoms with Crippen LogP contribution < -0.4 is 10.6 Å². The Labute approximate surface area is 235 Å². The maximum absolute atomic E-state index is 15.2. The van der Waals surface area contributed by atoms with Crippen LogP contribution >= 0.6 is 0 Å². The van der Waals surface area contributed by atoms with E-state index in [0.29, 0.717) is 17.1 Å². The Balaban J connectivity index is 1.51. The Morgan fingerprint density at radius 2 is 1.80 bits per heavy atom. The molecule has 2 aromatic rings. The van der Waals surface area contributed by atoms with Gasteiger partial charge in [0.15, 0.2) is 0 Å². The van der Waals surface area contributed by atoms with E-state index in [4.69, 9.17) is 5.11 Å². The summed E-state index contributed by atoms with van der Waals surface area (Å²) in [6.45, 7) is 0.936. The van der Waals surface area contributed by atoms with Crippen molar-refractivity contribution in [3.8, 4) is 0 Å². The van der Waals surface area contributed by atoms with E-state index in [-0.39, 0.29) is 29.0 Å². The van der Waals surface area contributed by atoms with Crippen LogP contribution in [-0.2, 0) is 16.1 Å². The van der Waals surface area contributed by atoms with Gasteiger partial charge in [-0.25, -0.2) is 4.39 Å². The quantitative estimate of drug-likeness (QED) is 0.312. The molecule has 9 nitrogen and oxygen atoms in total. The number of aliphatic hydroxyl groups is 1. The smallest absolute Gasteiger partial charge is 0.395 e. The first-order valence-corrected chi connectivity index (χ1v) is 13.8. The standard InChI is InChI=1S/C28H35F4N5O4/c1-3-37-22(10-11-33-37)25(39)35-24(23(17-4-5-17)18-6-7-18)26(40)34-21-9-8-19(14-20(21)29)16(2)27(41)36(12-13-38)15-28(30,31)32/h8-11,14,16-18,23-24,38H,3-7,12-13,15H2,1-2H3,(H,34,40)(H,35,39)/t16-,24-/m0/s1. The number of hydrogen-bond donors (Lipinski definition) is 3. The number of alkyl halides is 3. The summed E-state index contributed by atoms with van der Waals surface area (Å²) in [5.41, 5.74) is 0.247. The summed E-state index contributed by atoms with van der Waals surface area (Å²) in [5, 5.41) is 18.7. The van der Waals surface area contributed by atoms with Crippen molar-refractivity contribution in [2.24, 2.45) is 17.8 Å². The third-order valence-electron chi connectivity index (χ3n) is 7.71. The van der Waals surface area contributed by atoms with Crippen molar-refractivity contribution in [2.75, 3.05) is 25.0 Å². The summed E-state index contributed by atoms with van der Waals surface area (Å²) in [7, 11) is 0. The molecule has 3 amide bonds. The lowest BCUT2D eigenvalue weighted by Crippen LogP contribution is -2.50. The van der Waals surface area contributed by atoms with Gasteiger partial charge in [-0.2, -0.15) is 18.3 Å². The lowest BCUT2D eigenvalue weighted by molar-refractivity contribution is -0.162. The first kappa shape index (κ1) is 30.5. The number of rotatable bonds is 13. The van der Waals surface area contributed by atoms with Gasteiger partial charge in [-0.1, -0.05) is 6.07 Å². The number of aromatic nitrogens is 2. The average molecular weight is 582 g/mol. The van der Waals surface area contributed by atoms with Gasteiger partial charge in [-0.3, -0.25) is 19.1 Å². The highest BCUT2D eigenvalue weighted by Gasteiger charge is 2.48. The van der Waals surface area contributed by atoms with Crippen LogP contribution in [-0.4, -0.2) is 69.4 Å². The number of carbonyl (C=O) groups excluding carboxylic acids is 3. The van der Waals surface area contributed by atoms with E-state index in [1.165, 1.54) is 29.9 Å². The minimum atomic E-state index is -4.66. The fraction of sp³-hybridized carbons (Fsp3) is 0.571. The highest BCUT2D eigenvalue weighted by Crippen LogP contribution is 2.51. The molecule has 2 aliphatic rings. The molecule has 0 unspecified atom stereocenters. The molecule has 2 aliphatic carbocycles. The van der Waals surface area contributed by atoms with Crippen LogP contribution in [0.15, 0.2) is 30.5 Å². The molecule has 0 bridgehead atoms. The lowest BCUT2D eigenvalue weighted by atomic mass is 9.88. The third kappa shape index (κ3) is 7.63. The molecular formula is C28H35F4N5O4. The van der Waals surface area contributed by atoms with Gasteiger partial charge in [0.1, 0.15) is 24.1 Å². The number of hydrogen-bond acceptors (Lipinski definition) is 5. The van der Waals surface area contributed by atoms with Gasteiger partial charge in [0.05, 0.1) is 18.2 Å². The molecular weight excluding hydrogens is 546 g/mol. The molecule has 3 N–H and O–H groups in total. The van der Waals surface area contributed by atoms with Crippen molar-refractivity contribution in [3.63, 3.8) is 0 Å². The predicted molar refractivity (Wildman–Crippen MR) is 141 cm³/mol. The second-order valence-electron chi connectivity index (χ2n) is 10.8. The van der Waals surface area contributed by atoms with Crippen LogP contribution in [0.5, 0.6) is 0 Å². The van der Waals surface area contributed by atoms with Crippen LogP contribution in [0.25, 0.3) is 0 Å². The second-order valence-corrected chi connectivity index (χ2v) is 10.8. The molecule has 2 atom stereocenters. The molecule has 0 spiro atoms. The summed E-state index contributed by atoms with van der Waals surface area (Å²) in [6, 6.07) is 4.26. The largest absolute Gasteiger partial charge is 0.406 e. The number of aryl methyl sites for hydroxylation is 1. The maximum Gasteiger partial charge on any atom is 0.406 e. The summed E-state index contributed by atoms with van der Waals surface area (Å²) < 4.78 is 55.4. The van der Waals surface area contributed by atoms with Crippen LogP contribution in [0.1, 0.15) is 61.5 Å². The zero-order valence-electron chi connectivity index (χ0n) is 23.0. The van der Waals surface area contributed by atoms with E-state index in [9.17, 15) is 27.6 Å². The zero-order chi connectivity index (χ0) is 29.9. The first-order chi connectivity index (χ1) is 19.4. The Kier molecular flexibility index (Phi) is 9.35. The lowest BCUT2D eigenvalue weighted by Gasteiger charge is -2.28. The fourth-order valence-electron chi connectivity index (χ4n) is 5.35. The fourth-order valence-corrected chi connectivity index (χ4v) is 5.35. The molecule has 1 aromatic carbocycles. The minimum Gasteiger partial charge on any atom is -0.395 e. The molecule has 1 aromatic heterocycles. The molecule has 13 heteroatoms. The van der Waals surface area contributed by atoms with E-state index in [1.54, 1.807) is 6.07 Å². The van der Waals surface area contributed by atoms with E-state index >= 15 is 4.39 Å². The summed E-state index contributed by atoms with van der Waals surface area (Å²) in [6.07, 6.45) is 0.635. The summed E-state index contributed by atoms with van der Waals surface area (Å²) in [4.78, 5) is 39.9. The average Bonchev–Trinajstić information content (AvgIpc) is 3.86. The number of anilines is 1. The van der Waals surface area contributed by atoms with Gasteiger partial charge in [0.2, 0.25) is 11.8 Å². The van der Waals surface area contributed by atoms with Gasteiger partial charge in [-0.15, -0.1) is 0 Å². The Morgan fingerprint density at radius 3 is 2.34 bits per heavy atom. The molecule has 4 rings (SSSR count). The van der Waals surface area contributed by atoms with Gasteiger partial charge >= 0.3 is 6.18 Å². The van der Waals surface area contributed by atoms with Crippen molar-refractivity contribution < 1.29 is 37.1 Å². The van der Waals surface area contributed by atoms with Crippen molar-refractivity contribution in [1.82, 2.24) is 20.0 Å². The van der Waals surface area contributed by atoms with Crippen molar-refractivity contribution in [3.05, 3.63) is 47.5 Å². The van der Waals surface area contributed by atoms with Gasteiger partial charge in [0.25, 0.3) is 5.91 Å². The Hall–Kier alpha value is -3.48. The molecule has 2 fully saturated rings. The molecule has 2 saturated carbocycles. The van der Waals surface area contributed by atoms with Crippen LogP contribution in [0.3, 0.4) is 0 Å². The molecule has 41 heavy (non-hydrogen) atoms.